The Balaban J connectivity index is 1.83. The van der Waals surface area contributed by atoms with E-state index in [2.05, 4.69) is 15.3 Å². The first-order chi connectivity index (χ1) is 13.8. The number of anilines is 2. The summed E-state index contributed by atoms with van der Waals surface area (Å²) < 4.78 is 38.5. The number of benzene rings is 1. The van der Waals surface area contributed by atoms with E-state index in [9.17, 15) is 18.7 Å². The maximum Gasteiger partial charge on any atom is 0.416 e. The lowest BCUT2D eigenvalue weighted by atomic mass is 10.1. The van der Waals surface area contributed by atoms with Gasteiger partial charge in [-0.15, -0.1) is 0 Å². The van der Waals surface area contributed by atoms with Crippen LogP contribution in [0.3, 0.4) is 0 Å². The predicted octanol–water partition coefficient (Wildman–Crippen LogP) is 3.03. The number of carbonyl (C=O) groups is 1. The van der Waals surface area contributed by atoms with E-state index in [0.717, 1.165) is 11.1 Å². The lowest BCUT2D eigenvalue weighted by Crippen LogP contribution is -2.42. The van der Waals surface area contributed by atoms with Gasteiger partial charge >= 0.3 is 6.09 Å². The molecular formula is C19H22F2N4O4. The minimum atomic E-state index is -0.946. The van der Waals surface area contributed by atoms with Crippen LogP contribution in [-0.4, -0.2) is 46.5 Å². The largest absolute Gasteiger partial charge is 0.491 e. The molecule has 1 amide bonds. The average molecular weight is 408 g/mol. The molecule has 1 aliphatic rings. The number of cyclic esters (lactones) is 1. The van der Waals surface area contributed by atoms with Crippen LogP contribution in [-0.2, 0) is 4.74 Å². The number of aliphatic hydroxyl groups is 1. The Hall–Kier alpha value is -3.01. The number of rotatable bonds is 7. The third-order valence-corrected chi connectivity index (χ3v) is 4.52. The fraction of sp³-hybridized carbons (Fsp3) is 0.421. The molecule has 1 fully saturated rings. The third-order valence-electron chi connectivity index (χ3n) is 4.52. The van der Waals surface area contributed by atoms with Crippen molar-refractivity contribution in [3.8, 4) is 5.75 Å². The average Bonchev–Trinajstić information content (AvgIpc) is 3.06. The molecule has 1 saturated heterocycles. The van der Waals surface area contributed by atoms with Crippen LogP contribution >= 0.6 is 0 Å². The van der Waals surface area contributed by atoms with Crippen LogP contribution in [0.25, 0.3) is 0 Å². The Morgan fingerprint density at radius 3 is 2.79 bits per heavy atom. The molecule has 0 saturated carbocycles. The molecule has 0 aliphatic carbocycles. The summed E-state index contributed by atoms with van der Waals surface area (Å²) in [6.45, 7) is 5.26. The molecule has 0 unspecified atom stereocenters. The monoisotopic (exact) mass is 408 g/mol. The van der Waals surface area contributed by atoms with Gasteiger partial charge in [-0.05, 0) is 38.5 Å². The summed E-state index contributed by atoms with van der Waals surface area (Å²) in [4.78, 5) is 20.9. The Bertz CT molecular complexity index is 897. The van der Waals surface area contributed by atoms with Crippen molar-refractivity contribution in [2.24, 2.45) is 0 Å². The Morgan fingerprint density at radius 2 is 2.14 bits per heavy atom. The van der Waals surface area contributed by atoms with Gasteiger partial charge < -0.3 is 19.9 Å². The lowest BCUT2D eigenvalue weighted by molar-refractivity contribution is 0.142. The van der Waals surface area contributed by atoms with Crippen LogP contribution in [0, 0.1) is 11.6 Å². The summed E-state index contributed by atoms with van der Waals surface area (Å²) in [6, 6.07) is 3.36. The van der Waals surface area contributed by atoms with E-state index < -0.39 is 35.9 Å². The molecule has 2 heterocycles. The van der Waals surface area contributed by atoms with Crippen molar-refractivity contribution < 1.29 is 28.2 Å². The van der Waals surface area contributed by atoms with Gasteiger partial charge in [-0.1, -0.05) is 6.07 Å². The minimum absolute atomic E-state index is 0.0345. The molecule has 3 atom stereocenters. The van der Waals surface area contributed by atoms with Gasteiger partial charge in [0.05, 0.1) is 24.9 Å². The van der Waals surface area contributed by atoms with Gasteiger partial charge in [0.1, 0.15) is 12.6 Å². The second-order valence-corrected chi connectivity index (χ2v) is 6.61. The number of aliphatic hydroxyl groups excluding tert-OH is 1. The van der Waals surface area contributed by atoms with Crippen LogP contribution in [0.2, 0.25) is 0 Å². The van der Waals surface area contributed by atoms with Gasteiger partial charge in [0.25, 0.3) is 0 Å². The number of halogens is 2. The Kier molecular flexibility index (Phi) is 6.12. The number of ether oxygens (including phenoxy) is 2. The summed E-state index contributed by atoms with van der Waals surface area (Å²) in [5.74, 6) is -1.45. The van der Waals surface area contributed by atoms with Gasteiger partial charge in [0.2, 0.25) is 5.95 Å². The molecule has 0 spiro atoms. The molecule has 0 bridgehead atoms. The summed E-state index contributed by atoms with van der Waals surface area (Å²) in [6.07, 6.45) is -0.833. The molecule has 156 valence electrons. The minimum Gasteiger partial charge on any atom is -0.491 e. The summed E-state index contributed by atoms with van der Waals surface area (Å²) in [7, 11) is 0. The highest BCUT2D eigenvalue weighted by Crippen LogP contribution is 2.28. The molecular weight excluding hydrogens is 386 g/mol. The topological polar surface area (TPSA) is 96.8 Å². The van der Waals surface area contributed by atoms with E-state index in [0.29, 0.717) is 12.2 Å². The van der Waals surface area contributed by atoms with Crippen LogP contribution in [0.15, 0.2) is 24.4 Å². The molecule has 1 aliphatic heterocycles. The summed E-state index contributed by atoms with van der Waals surface area (Å²) in [5, 5.41) is 12.8. The van der Waals surface area contributed by atoms with E-state index in [1.807, 2.05) is 0 Å². The number of nitrogens with zero attached hydrogens (tertiary/aromatic N) is 3. The van der Waals surface area contributed by atoms with Crippen molar-refractivity contribution in [3.05, 3.63) is 41.6 Å². The van der Waals surface area contributed by atoms with E-state index >= 15 is 0 Å². The molecule has 10 heteroatoms. The van der Waals surface area contributed by atoms with Crippen LogP contribution in [0.5, 0.6) is 5.75 Å². The first-order valence-corrected chi connectivity index (χ1v) is 9.17. The standard InChI is InChI=1S/C19H22F2N4O4/c1-4-28-16-6-5-12(7-13(16)20)10(2)23-18-22-8-14(21)17(24-18)25-15(11(3)26)9-29-19(25)27/h5-8,10-11,15,26H,4,9H2,1-3H3,(H,22,23,24)/t10-,11+,15+/m0/s1. The van der Waals surface area contributed by atoms with Crippen molar-refractivity contribution in [3.63, 3.8) is 0 Å². The SMILES string of the molecule is CCOc1ccc([C@H](C)Nc2ncc(F)c(N3C(=O)OC[C@@H]3[C@@H](C)O)n2)cc1F. The fourth-order valence-electron chi connectivity index (χ4n) is 2.97. The van der Waals surface area contributed by atoms with Crippen molar-refractivity contribution in [2.45, 2.75) is 39.0 Å². The number of aromatic nitrogens is 2. The van der Waals surface area contributed by atoms with E-state index in [1.54, 1.807) is 19.9 Å². The van der Waals surface area contributed by atoms with Gasteiger partial charge in [0, 0.05) is 0 Å². The number of carbonyl (C=O) groups excluding carboxylic acids is 1. The van der Waals surface area contributed by atoms with Crippen molar-refractivity contribution >= 4 is 17.9 Å². The van der Waals surface area contributed by atoms with Gasteiger partial charge in [0.15, 0.2) is 23.2 Å². The first kappa shape index (κ1) is 20.7. The highest BCUT2D eigenvalue weighted by atomic mass is 19.1. The van der Waals surface area contributed by atoms with Crippen LogP contribution in [0.4, 0.5) is 25.3 Å². The van der Waals surface area contributed by atoms with Gasteiger partial charge in [-0.25, -0.2) is 23.5 Å². The molecule has 29 heavy (non-hydrogen) atoms. The number of hydrogen-bond donors (Lipinski definition) is 2. The highest BCUT2D eigenvalue weighted by molar-refractivity contribution is 5.89. The normalized spacial score (nSPS) is 18.3. The van der Waals surface area contributed by atoms with Crippen molar-refractivity contribution in [1.29, 1.82) is 0 Å². The predicted molar refractivity (Wildman–Crippen MR) is 101 cm³/mol. The molecule has 8 nitrogen and oxygen atoms in total. The van der Waals surface area contributed by atoms with E-state index in [1.165, 1.54) is 19.1 Å². The molecule has 1 aromatic heterocycles. The van der Waals surface area contributed by atoms with Crippen molar-refractivity contribution in [2.75, 3.05) is 23.4 Å². The summed E-state index contributed by atoms with van der Waals surface area (Å²) in [5.41, 5.74) is 0.600. The molecule has 2 aromatic rings. The molecule has 3 rings (SSSR count). The maximum atomic E-state index is 14.3. The van der Waals surface area contributed by atoms with Crippen LogP contribution < -0.4 is 15.0 Å². The third kappa shape index (κ3) is 4.37. The van der Waals surface area contributed by atoms with Gasteiger partial charge in [-0.3, -0.25) is 0 Å². The Morgan fingerprint density at radius 1 is 1.38 bits per heavy atom. The van der Waals surface area contributed by atoms with Gasteiger partial charge in [-0.2, -0.15) is 4.98 Å². The summed E-state index contributed by atoms with van der Waals surface area (Å²) >= 11 is 0. The Labute approximate surface area is 166 Å². The zero-order chi connectivity index (χ0) is 21.1. The van der Waals surface area contributed by atoms with Crippen LogP contribution in [0.1, 0.15) is 32.4 Å². The quantitative estimate of drug-likeness (QED) is 0.727. The number of nitrogens with one attached hydrogen (secondary N) is 1. The second kappa shape index (κ2) is 8.56. The highest BCUT2D eigenvalue weighted by Gasteiger charge is 2.39. The van der Waals surface area contributed by atoms with Crippen molar-refractivity contribution in [1.82, 2.24) is 9.97 Å². The van der Waals surface area contributed by atoms with E-state index in [4.69, 9.17) is 9.47 Å². The zero-order valence-corrected chi connectivity index (χ0v) is 16.2. The lowest BCUT2D eigenvalue weighted by Gasteiger charge is -2.23. The maximum absolute atomic E-state index is 14.3. The first-order valence-electron chi connectivity index (χ1n) is 9.17. The molecule has 2 N–H and O–H groups in total. The molecule has 1 aromatic carbocycles. The zero-order valence-electron chi connectivity index (χ0n) is 16.2. The number of hydrogen-bond acceptors (Lipinski definition) is 7. The number of amides is 1. The fourth-order valence-corrected chi connectivity index (χ4v) is 2.97. The molecule has 0 radical (unpaired) electrons. The van der Waals surface area contributed by atoms with E-state index in [-0.39, 0.29) is 24.1 Å². The second-order valence-electron chi connectivity index (χ2n) is 6.61. The smallest absolute Gasteiger partial charge is 0.416 e.